The van der Waals surface area contributed by atoms with E-state index in [-0.39, 0.29) is 28.6 Å². The topological polar surface area (TPSA) is 84.5 Å². The lowest BCUT2D eigenvalue weighted by atomic mass is 9.69. The lowest BCUT2D eigenvalue weighted by molar-refractivity contribution is 0.0879. The van der Waals surface area contributed by atoms with Crippen LogP contribution in [0.15, 0.2) is 23.1 Å². The molecular weight excluding hydrogens is 376 g/mol. The number of methoxy groups -OCH3 is 1. The third kappa shape index (κ3) is 4.35. The second kappa shape index (κ2) is 8.03. The van der Waals surface area contributed by atoms with Gasteiger partial charge in [0.15, 0.2) is 0 Å². The third-order valence-electron chi connectivity index (χ3n) is 6.49. The van der Waals surface area contributed by atoms with Gasteiger partial charge in [-0.15, -0.1) is 0 Å². The van der Waals surface area contributed by atoms with Crippen molar-refractivity contribution >= 4 is 15.9 Å². The molecule has 7 heteroatoms. The van der Waals surface area contributed by atoms with Gasteiger partial charge in [0.1, 0.15) is 10.6 Å². The summed E-state index contributed by atoms with van der Waals surface area (Å²) < 4.78 is 33.2. The number of carbonyl (C=O) groups excluding carboxylic acids is 1. The summed E-state index contributed by atoms with van der Waals surface area (Å²) in [6.45, 7) is 0. The number of carbonyl (C=O) groups is 1. The Labute approximate surface area is 167 Å². The molecule has 6 nitrogen and oxygen atoms in total. The Balaban J connectivity index is 1.47. The van der Waals surface area contributed by atoms with Gasteiger partial charge >= 0.3 is 0 Å². The first-order valence-corrected chi connectivity index (χ1v) is 12.0. The minimum absolute atomic E-state index is 0.00198. The number of fused-ring (bicyclic) bond motifs is 1. The van der Waals surface area contributed by atoms with E-state index in [1.54, 1.807) is 12.1 Å². The molecule has 4 rings (SSSR count). The van der Waals surface area contributed by atoms with Gasteiger partial charge in [-0.1, -0.05) is 25.7 Å². The summed E-state index contributed by atoms with van der Waals surface area (Å²) in [5, 5.41) is 3.14. The standard InChI is InChI=1S/C21H30N2O4S/c1-27-19-11-7-16(13-20(19)28(25,26)23-17-9-10-17)21(24)22-18-8-6-14-4-2-3-5-15(14)12-18/h7,11,13-15,17-18,23H,2-6,8-10,12H2,1H3,(H,22,24)/t14-,15-,18+/m0/s1. The van der Waals surface area contributed by atoms with Crippen molar-refractivity contribution < 1.29 is 17.9 Å². The van der Waals surface area contributed by atoms with Crippen molar-refractivity contribution in [2.75, 3.05) is 7.11 Å². The average molecular weight is 407 g/mol. The van der Waals surface area contributed by atoms with Gasteiger partial charge in [-0.2, -0.15) is 0 Å². The maximum atomic E-state index is 12.8. The Morgan fingerprint density at radius 3 is 2.43 bits per heavy atom. The largest absolute Gasteiger partial charge is 0.495 e. The fourth-order valence-electron chi connectivity index (χ4n) is 4.79. The van der Waals surface area contributed by atoms with Crippen molar-refractivity contribution in [3.05, 3.63) is 23.8 Å². The number of ether oxygens (including phenoxy) is 1. The van der Waals surface area contributed by atoms with E-state index in [0.717, 1.165) is 37.5 Å². The highest BCUT2D eigenvalue weighted by molar-refractivity contribution is 7.89. The normalized spacial score (nSPS) is 27.7. The highest BCUT2D eigenvalue weighted by Gasteiger charge is 2.33. The molecule has 0 unspecified atom stereocenters. The fourth-order valence-corrected chi connectivity index (χ4v) is 6.29. The van der Waals surface area contributed by atoms with Crippen LogP contribution in [0.25, 0.3) is 0 Å². The molecule has 0 bridgehead atoms. The van der Waals surface area contributed by atoms with Crippen LogP contribution in [0, 0.1) is 11.8 Å². The number of hydrogen-bond donors (Lipinski definition) is 2. The van der Waals surface area contributed by atoms with Gasteiger partial charge in [-0.05, 0) is 62.1 Å². The fraction of sp³-hybridized carbons (Fsp3) is 0.667. The number of hydrogen-bond acceptors (Lipinski definition) is 4. The van der Waals surface area contributed by atoms with Crippen LogP contribution >= 0.6 is 0 Å². The van der Waals surface area contributed by atoms with Crippen LogP contribution in [-0.4, -0.2) is 33.5 Å². The SMILES string of the molecule is COc1ccc(C(=O)N[C@@H]2CC[C@@H]3CCCC[C@H]3C2)cc1S(=O)(=O)NC1CC1. The molecule has 0 heterocycles. The Morgan fingerprint density at radius 1 is 1.00 bits per heavy atom. The van der Waals surface area contributed by atoms with Crippen LogP contribution in [0.3, 0.4) is 0 Å². The zero-order valence-electron chi connectivity index (χ0n) is 16.4. The highest BCUT2D eigenvalue weighted by Crippen LogP contribution is 2.40. The van der Waals surface area contributed by atoms with Crippen molar-refractivity contribution in [3.8, 4) is 5.75 Å². The zero-order valence-corrected chi connectivity index (χ0v) is 17.3. The summed E-state index contributed by atoms with van der Waals surface area (Å²) in [6.07, 6.45) is 10.2. The van der Waals surface area contributed by atoms with Gasteiger partial charge in [-0.3, -0.25) is 4.79 Å². The number of sulfonamides is 1. The lowest BCUT2D eigenvalue weighted by Crippen LogP contribution is -2.41. The van der Waals surface area contributed by atoms with E-state index in [0.29, 0.717) is 5.56 Å². The van der Waals surface area contributed by atoms with Crippen LogP contribution in [0.2, 0.25) is 0 Å². The minimum atomic E-state index is -3.70. The van der Waals surface area contributed by atoms with Crippen LogP contribution in [0.4, 0.5) is 0 Å². The summed E-state index contributed by atoms with van der Waals surface area (Å²) >= 11 is 0. The van der Waals surface area contributed by atoms with Gasteiger partial charge in [-0.25, -0.2) is 13.1 Å². The number of amides is 1. The Hall–Kier alpha value is -1.60. The molecule has 1 aromatic rings. The van der Waals surface area contributed by atoms with E-state index in [1.807, 2.05) is 0 Å². The first kappa shape index (κ1) is 19.7. The second-order valence-corrected chi connectivity index (χ2v) is 10.2. The molecule has 0 radical (unpaired) electrons. The van der Waals surface area contributed by atoms with Gasteiger partial charge in [0.25, 0.3) is 5.91 Å². The molecule has 0 spiro atoms. The Morgan fingerprint density at radius 2 is 1.71 bits per heavy atom. The molecule has 2 N–H and O–H groups in total. The summed E-state index contributed by atoms with van der Waals surface area (Å²) in [5.41, 5.74) is 0.364. The Bertz CT molecular complexity index is 835. The molecule has 0 aromatic heterocycles. The molecular formula is C21H30N2O4S. The molecule has 1 aromatic carbocycles. The number of rotatable bonds is 6. The molecule has 3 fully saturated rings. The van der Waals surface area contributed by atoms with Crippen molar-refractivity contribution in [2.45, 2.75) is 74.8 Å². The maximum Gasteiger partial charge on any atom is 0.251 e. The molecule has 28 heavy (non-hydrogen) atoms. The first-order valence-electron chi connectivity index (χ1n) is 10.5. The smallest absolute Gasteiger partial charge is 0.251 e. The summed E-state index contributed by atoms with van der Waals surface area (Å²) in [7, 11) is -2.26. The van der Waals surface area contributed by atoms with Crippen LogP contribution in [0.1, 0.15) is 68.1 Å². The molecule has 0 aliphatic heterocycles. The third-order valence-corrected chi connectivity index (χ3v) is 8.03. The molecule has 3 atom stereocenters. The van der Waals surface area contributed by atoms with Crippen LogP contribution < -0.4 is 14.8 Å². The highest BCUT2D eigenvalue weighted by atomic mass is 32.2. The lowest BCUT2D eigenvalue weighted by Gasteiger charge is -2.39. The quantitative estimate of drug-likeness (QED) is 0.760. The molecule has 3 aliphatic carbocycles. The summed E-state index contributed by atoms with van der Waals surface area (Å²) in [4.78, 5) is 12.9. The van der Waals surface area contributed by atoms with Gasteiger partial charge in [0, 0.05) is 17.6 Å². The second-order valence-electron chi connectivity index (χ2n) is 8.55. The number of benzene rings is 1. The van der Waals surface area contributed by atoms with Crippen molar-refractivity contribution in [3.63, 3.8) is 0 Å². The van der Waals surface area contributed by atoms with E-state index in [4.69, 9.17) is 4.74 Å². The van der Waals surface area contributed by atoms with Crippen molar-refractivity contribution in [2.24, 2.45) is 11.8 Å². The van der Waals surface area contributed by atoms with Crippen LogP contribution in [-0.2, 0) is 10.0 Å². The van der Waals surface area contributed by atoms with Crippen molar-refractivity contribution in [1.82, 2.24) is 10.0 Å². The summed E-state index contributed by atoms with van der Waals surface area (Å²) in [5.74, 6) is 1.60. The zero-order chi connectivity index (χ0) is 19.7. The average Bonchev–Trinajstić information content (AvgIpc) is 3.50. The molecule has 0 saturated heterocycles. The van der Waals surface area contributed by atoms with E-state index >= 15 is 0 Å². The van der Waals surface area contributed by atoms with Gasteiger partial charge in [0.05, 0.1) is 7.11 Å². The maximum absolute atomic E-state index is 12.8. The molecule has 3 saturated carbocycles. The van der Waals surface area contributed by atoms with E-state index in [9.17, 15) is 13.2 Å². The summed E-state index contributed by atoms with van der Waals surface area (Å²) in [6, 6.07) is 4.81. The monoisotopic (exact) mass is 406 g/mol. The van der Waals surface area contributed by atoms with Gasteiger partial charge in [0.2, 0.25) is 10.0 Å². The molecule has 3 aliphatic rings. The van der Waals surface area contributed by atoms with E-state index in [2.05, 4.69) is 10.0 Å². The van der Waals surface area contributed by atoms with E-state index in [1.165, 1.54) is 45.3 Å². The predicted molar refractivity (Wildman–Crippen MR) is 107 cm³/mol. The van der Waals surface area contributed by atoms with Gasteiger partial charge < -0.3 is 10.1 Å². The van der Waals surface area contributed by atoms with Crippen molar-refractivity contribution in [1.29, 1.82) is 0 Å². The molecule has 1 amide bonds. The molecule has 154 valence electrons. The number of nitrogens with one attached hydrogen (secondary N) is 2. The predicted octanol–water partition coefficient (Wildman–Crippen LogP) is 3.22. The van der Waals surface area contributed by atoms with E-state index < -0.39 is 10.0 Å². The minimum Gasteiger partial charge on any atom is -0.495 e. The Kier molecular flexibility index (Phi) is 5.65. The van der Waals surface area contributed by atoms with Crippen LogP contribution in [0.5, 0.6) is 5.75 Å². The first-order chi connectivity index (χ1) is 13.5.